The van der Waals surface area contributed by atoms with Gasteiger partial charge < -0.3 is 14.8 Å². The first-order valence-electron chi connectivity index (χ1n) is 6.03. The fourth-order valence-corrected chi connectivity index (χ4v) is 1.82. The fourth-order valence-electron chi connectivity index (χ4n) is 1.82. The summed E-state index contributed by atoms with van der Waals surface area (Å²) >= 11 is 0. The van der Waals surface area contributed by atoms with Gasteiger partial charge in [0.15, 0.2) is 11.5 Å². The number of para-hydroxylation sites is 1. The molecule has 1 aromatic carbocycles. The average Bonchev–Trinajstić information content (AvgIpc) is 2.83. The zero-order chi connectivity index (χ0) is 13.7. The summed E-state index contributed by atoms with van der Waals surface area (Å²) in [4.78, 5) is 0. The van der Waals surface area contributed by atoms with Crippen molar-refractivity contribution in [2.45, 2.75) is 13.2 Å². The van der Waals surface area contributed by atoms with Gasteiger partial charge in [-0.15, -0.1) is 5.10 Å². The summed E-state index contributed by atoms with van der Waals surface area (Å²) in [7, 11) is 5.35. The smallest absolute Gasteiger partial charge is 0.166 e. The van der Waals surface area contributed by atoms with Crippen LogP contribution >= 0.6 is 0 Å². The van der Waals surface area contributed by atoms with E-state index in [4.69, 9.17) is 9.47 Å². The van der Waals surface area contributed by atoms with Crippen molar-refractivity contribution in [3.05, 3.63) is 35.7 Å². The summed E-state index contributed by atoms with van der Waals surface area (Å²) in [6.45, 7) is 1.08. The van der Waals surface area contributed by atoms with E-state index >= 15 is 0 Å². The van der Waals surface area contributed by atoms with Crippen LogP contribution in [0.1, 0.15) is 11.3 Å². The lowest BCUT2D eigenvalue weighted by Gasteiger charge is -2.14. The minimum absolute atomic E-state index is 0.366. The van der Waals surface area contributed by atoms with Crippen LogP contribution in [0.4, 0.5) is 0 Å². The molecule has 1 N–H and O–H groups in total. The molecular formula is C13H18N4O2. The monoisotopic (exact) mass is 262 g/mol. The molecule has 0 aliphatic carbocycles. The maximum Gasteiger partial charge on any atom is 0.166 e. The lowest BCUT2D eigenvalue weighted by Crippen LogP contribution is -2.08. The van der Waals surface area contributed by atoms with Gasteiger partial charge in [0, 0.05) is 19.2 Å². The van der Waals surface area contributed by atoms with E-state index in [0.29, 0.717) is 13.2 Å². The third-order valence-electron chi connectivity index (χ3n) is 2.66. The van der Waals surface area contributed by atoms with Crippen LogP contribution in [-0.4, -0.2) is 29.2 Å². The van der Waals surface area contributed by atoms with Gasteiger partial charge in [-0.1, -0.05) is 17.3 Å². The van der Waals surface area contributed by atoms with E-state index in [1.54, 1.807) is 11.8 Å². The molecule has 1 heterocycles. The van der Waals surface area contributed by atoms with Gasteiger partial charge >= 0.3 is 0 Å². The highest BCUT2D eigenvalue weighted by atomic mass is 16.5. The fraction of sp³-hybridized carbons (Fsp3) is 0.385. The SMILES string of the molecule is CNCc1cccc(OC)c1OCc1cn(C)nn1. The molecule has 19 heavy (non-hydrogen) atoms. The third kappa shape index (κ3) is 3.23. The van der Waals surface area contributed by atoms with Crippen molar-refractivity contribution in [1.29, 1.82) is 0 Å². The maximum absolute atomic E-state index is 5.83. The van der Waals surface area contributed by atoms with Gasteiger partial charge in [0.2, 0.25) is 0 Å². The molecule has 0 saturated heterocycles. The molecule has 0 amide bonds. The number of ether oxygens (including phenoxy) is 2. The molecule has 0 atom stereocenters. The van der Waals surface area contributed by atoms with Gasteiger partial charge in [0.25, 0.3) is 0 Å². The van der Waals surface area contributed by atoms with Crippen molar-refractivity contribution in [3.63, 3.8) is 0 Å². The first-order chi connectivity index (χ1) is 9.24. The Balaban J connectivity index is 2.17. The number of methoxy groups -OCH3 is 1. The summed E-state index contributed by atoms with van der Waals surface area (Å²) in [5.74, 6) is 1.46. The minimum Gasteiger partial charge on any atom is -0.493 e. The molecule has 1 aromatic heterocycles. The molecule has 2 rings (SSSR count). The predicted molar refractivity (Wildman–Crippen MR) is 71.1 cm³/mol. The molecule has 0 bridgehead atoms. The Kier molecular flexibility index (Phi) is 4.35. The van der Waals surface area contributed by atoms with Gasteiger partial charge in [-0.25, -0.2) is 0 Å². The van der Waals surface area contributed by atoms with Gasteiger partial charge in [0.05, 0.1) is 13.3 Å². The Morgan fingerprint density at radius 3 is 2.84 bits per heavy atom. The quantitative estimate of drug-likeness (QED) is 0.845. The van der Waals surface area contributed by atoms with Crippen molar-refractivity contribution in [2.75, 3.05) is 14.2 Å². The summed E-state index contributed by atoms with van der Waals surface area (Å²) in [6.07, 6.45) is 1.83. The van der Waals surface area contributed by atoms with Crippen molar-refractivity contribution in [2.24, 2.45) is 7.05 Å². The molecule has 2 aromatic rings. The molecular weight excluding hydrogens is 244 g/mol. The lowest BCUT2D eigenvalue weighted by atomic mass is 10.2. The topological polar surface area (TPSA) is 61.2 Å². The zero-order valence-electron chi connectivity index (χ0n) is 11.4. The van der Waals surface area contributed by atoms with E-state index in [1.807, 2.05) is 38.5 Å². The first-order valence-corrected chi connectivity index (χ1v) is 6.03. The number of nitrogens with zero attached hydrogens (tertiary/aromatic N) is 3. The Morgan fingerprint density at radius 2 is 2.21 bits per heavy atom. The van der Waals surface area contributed by atoms with Gasteiger partial charge in [0.1, 0.15) is 12.3 Å². The van der Waals surface area contributed by atoms with E-state index in [9.17, 15) is 0 Å². The highest BCUT2D eigenvalue weighted by Crippen LogP contribution is 2.31. The minimum atomic E-state index is 0.366. The van der Waals surface area contributed by atoms with Crippen LogP contribution in [0.3, 0.4) is 0 Å². The summed E-state index contributed by atoms with van der Waals surface area (Å²) < 4.78 is 12.8. The number of hydrogen-bond donors (Lipinski definition) is 1. The second-order valence-electron chi connectivity index (χ2n) is 4.15. The van der Waals surface area contributed by atoms with E-state index in [2.05, 4.69) is 15.6 Å². The Morgan fingerprint density at radius 1 is 1.37 bits per heavy atom. The van der Waals surface area contributed by atoms with E-state index in [0.717, 1.165) is 22.8 Å². The summed E-state index contributed by atoms with van der Waals surface area (Å²) in [6, 6.07) is 5.83. The average molecular weight is 262 g/mol. The van der Waals surface area contributed by atoms with Crippen LogP contribution in [-0.2, 0) is 20.2 Å². The third-order valence-corrected chi connectivity index (χ3v) is 2.66. The number of aromatic nitrogens is 3. The normalized spacial score (nSPS) is 10.5. The highest BCUT2D eigenvalue weighted by Gasteiger charge is 2.11. The maximum atomic E-state index is 5.83. The Bertz CT molecular complexity index is 539. The molecule has 6 nitrogen and oxygen atoms in total. The van der Waals surface area contributed by atoms with Crippen LogP contribution in [0, 0.1) is 0 Å². The number of hydrogen-bond acceptors (Lipinski definition) is 5. The van der Waals surface area contributed by atoms with Crippen LogP contribution in [0.15, 0.2) is 24.4 Å². The molecule has 0 aliphatic rings. The molecule has 0 fully saturated rings. The molecule has 0 saturated carbocycles. The van der Waals surface area contributed by atoms with Crippen molar-refractivity contribution in [3.8, 4) is 11.5 Å². The van der Waals surface area contributed by atoms with E-state index in [1.165, 1.54) is 0 Å². The second kappa shape index (κ2) is 6.19. The van der Waals surface area contributed by atoms with Crippen molar-refractivity contribution < 1.29 is 9.47 Å². The molecule has 6 heteroatoms. The Labute approximate surface area is 112 Å². The van der Waals surface area contributed by atoms with E-state index in [-0.39, 0.29) is 0 Å². The van der Waals surface area contributed by atoms with E-state index < -0.39 is 0 Å². The van der Waals surface area contributed by atoms with Gasteiger partial charge in [-0.05, 0) is 13.1 Å². The molecule has 102 valence electrons. The second-order valence-corrected chi connectivity index (χ2v) is 4.15. The zero-order valence-corrected chi connectivity index (χ0v) is 11.4. The molecule has 0 radical (unpaired) electrons. The van der Waals surface area contributed by atoms with Crippen LogP contribution in [0.2, 0.25) is 0 Å². The number of nitrogens with one attached hydrogen (secondary N) is 1. The summed E-state index contributed by atoms with van der Waals surface area (Å²) in [5.41, 5.74) is 1.83. The largest absolute Gasteiger partial charge is 0.493 e. The predicted octanol–water partition coefficient (Wildman–Crippen LogP) is 1.12. The molecule has 0 spiro atoms. The number of rotatable bonds is 6. The van der Waals surface area contributed by atoms with Gasteiger partial charge in [-0.2, -0.15) is 0 Å². The number of aryl methyl sites for hydroxylation is 1. The molecule has 0 unspecified atom stereocenters. The Hall–Kier alpha value is -2.08. The first kappa shape index (κ1) is 13.4. The van der Waals surface area contributed by atoms with Crippen molar-refractivity contribution in [1.82, 2.24) is 20.3 Å². The summed E-state index contributed by atoms with van der Waals surface area (Å²) in [5, 5.41) is 11.0. The van der Waals surface area contributed by atoms with Crippen LogP contribution in [0.5, 0.6) is 11.5 Å². The highest BCUT2D eigenvalue weighted by molar-refractivity contribution is 5.46. The van der Waals surface area contributed by atoms with Gasteiger partial charge in [-0.3, -0.25) is 4.68 Å². The lowest BCUT2D eigenvalue weighted by molar-refractivity contribution is 0.277. The van der Waals surface area contributed by atoms with Crippen LogP contribution < -0.4 is 14.8 Å². The van der Waals surface area contributed by atoms with Crippen molar-refractivity contribution >= 4 is 0 Å². The van der Waals surface area contributed by atoms with Crippen LogP contribution in [0.25, 0.3) is 0 Å². The standard InChI is InChI=1S/C13H18N4O2/c1-14-7-10-5-4-6-12(18-3)13(10)19-9-11-8-17(2)16-15-11/h4-6,8,14H,7,9H2,1-3H3. The number of benzene rings is 1. The molecule has 0 aliphatic heterocycles.